The summed E-state index contributed by atoms with van der Waals surface area (Å²) in [6.07, 6.45) is 9.88. The van der Waals surface area contributed by atoms with Gasteiger partial charge in [-0.05, 0) is 39.7 Å². The summed E-state index contributed by atoms with van der Waals surface area (Å²) in [4.78, 5) is 6.67. The van der Waals surface area contributed by atoms with Gasteiger partial charge in [-0.2, -0.15) is 0 Å². The summed E-state index contributed by atoms with van der Waals surface area (Å²) < 4.78 is 5.46. The Labute approximate surface area is 121 Å². The fourth-order valence-electron chi connectivity index (χ4n) is 3.89. The van der Waals surface area contributed by atoms with Crippen LogP contribution in [0.3, 0.4) is 0 Å². The SMILES string of the molecule is C#CC1(C)C=NC(O)C(N2CCCC3(COC3)[C@@H]2C)C1. The van der Waals surface area contributed by atoms with Crippen LogP contribution in [0.5, 0.6) is 0 Å². The van der Waals surface area contributed by atoms with Crippen LogP contribution in [0, 0.1) is 23.2 Å². The Morgan fingerprint density at radius 2 is 2.25 bits per heavy atom. The second kappa shape index (κ2) is 4.84. The maximum atomic E-state index is 10.3. The van der Waals surface area contributed by atoms with Crippen molar-refractivity contribution in [3.8, 4) is 12.3 Å². The van der Waals surface area contributed by atoms with E-state index in [2.05, 4.69) is 22.7 Å². The molecule has 4 atom stereocenters. The van der Waals surface area contributed by atoms with Crippen LogP contribution >= 0.6 is 0 Å². The molecule has 3 rings (SSSR count). The molecule has 3 aliphatic heterocycles. The van der Waals surface area contributed by atoms with Gasteiger partial charge >= 0.3 is 0 Å². The molecule has 0 bridgehead atoms. The number of aliphatic imine (C=N–C) groups is 1. The van der Waals surface area contributed by atoms with E-state index < -0.39 is 6.23 Å². The summed E-state index contributed by atoms with van der Waals surface area (Å²) in [5.41, 5.74) is -0.0595. The predicted octanol–water partition coefficient (Wildman–Crippen LogP) is 1.29. The topological polar surface area (TPSA) is 45.1 Å². The van der Waals surface area contributed by atoms with E-state index in [0.29, 0.717) is 6.04 Å². The highest BCUT2D eigenvalue weighted by molar-refractivity contribution is 5.71. The first-order valence-electron chi connectivity index (χ1n) is 7.53. The van der Waals surface area contributed by atoms with Crippen LogP contribution in [0.4, 0.5) is 0 Å². The van der Waals surface area contributed by atoms with E-state index in [4.69, 9.17) is 11.2 Å². The lowest BCUT2D eigenvalue weighted by Crippen LogP contribution is -2.64. The number of rotatable bonds is 1. The lowest BCUT2D eigenvalue weighted by molar-refractivity contribution is -0.183. The minimum Gasteiger partial charge on any atom is -0.380 e. The summed E-state index contributed by atoms with van der Waals surface area (Å²) in [5, 5.41) is 10.3. The lowest BCUT2D eigenvalue weighted by Gasteiger charge is -2.56. The van der Waals surface area contributed by atoms with Gasteiger partial charge in [0.05, 0.1) is 24.7 Å². The highest BCUT2D eigenvalue weighted by Crippen LogP contribution is 2.44. The van der Waals surface area contributed by atoms with Crippen LogP contribution in [0.2, 0.25) is 0 Å². The van der Waals surface area contributed by atoms with Crippen molar-refractivity contribution in [2.75, 3.05) is 19.8 Å². The molecule has 1 N–H and O–H groups in total. The van der Waals surface area contributed by atoms with E-state index in [0.717, 1.165) is 32.6 Å². The standard InChI is InChI=1S/C16H24N2O2/c1-4-15(3)8-13(14(19)17-9-15)18-7-5-6-16(12(18)2)10-20-11-16/h1,9,12-14,19H,5-8,10-11H2,2-3H3/t12-,13?,14?,15?/m0/s1. The molecule has 0 aliphatic carbocycles. The third-order valence-corrected chi connectivity index (χ3v) is 5.50. The zero-order chi connectivity index (χ0) is 14.4. The molecule has 2 saturated heterocycles. The first-order valence-corrected chi connectivity index (χ1v) is 7.53. The van der Waals surface area contributed by atoms with Crippen molar-refractivity contribution in [3.05, 3.63) is 0 Å². The Morgan fingerprint density at radius 3 is 2.85 bits per heavy atom. The molecular weight excluding hydrogens is 252 g/mol. The second-order valence-electron chi connectivity index (χ2n) is 6.90. The zero-order valence-electron chi connectivity index (χ0n) is 12.4. The molecule has 3 heterocycles. The minimum absolute atomic E-state index is 0.0221. The van der Waals surface area contributed by atoms with Crippen LogP contribution < -0.4 is 0 Å². The molecule has 0 aromatic rings. The number of ether oxygens (including phenoxy) is 1. The summed E-state index contributed by atoms with van der Waals surface area (Å²) in [7, 11) is 0. The van der Waals surface area contributed by atoms with Crippen molar-refractivity contribution in [2.45, 2.75) is 51.4 Å². The van der Waals surface area contributed by atoms with Crippen molar-refractivity contribution in [2.24, 2.45) is 15.8 Å². The number of aliphatic hydroxyl groups is 1. The fourth-order valence-corrected chi connectivity index (χ4v) is 3.89. The molecule has 3 unspecified atom stereocenters. The molecule has 0 saturated carbocycles. The van der Waals surface area contributed by atoms with Crippen molar-refractivity contribution in [3.63, 3.8) is 0 Å². The molecule has 0 aromatic carbocycles. The van der Waals surface area contributed by atoms with Gasteiger partial charge in [0.25, 0.3) is 0 Å². The van der Waals surface area contributed by atoms with Gasteiger partial charge in [-0.25, -0.2) is 0 Å². The highest BCUT2D eigenvalue weighted by atomic mass is 16.5. The van der Waals surface area contributed by atoms with Gasteiger partial charge in [-0.15, -0.1) is 6.42 Å². The molecule has 4 nitrogen and oxygen atoms in total. The highest BCUT2D eigenvalue weighted by Gasteiger charge is 2.51. The van der Waals surface area contributed by atoms with E-state index in [9.17, 15) is 5.11 Å². The van der Waals surface area contributed by atoms with E-state index in [-0.39, 0.29) is 16.9 Å². The number of hydrogen-bond acceptors (Lipinski definition) is 4. The third kappa shape index (κ3) is 2.09. The quantitative estimate of drug-likeness (QED) is 0.734. The van der Waals surface area contributed by atoms with Crippen LogP contribution in [0.25, 0.3) is 0 Å². The first-order chi connectivity index (χ1) is 9.50. The van der Waals surface area contributed by atoms with Crippen molar-refractivity contribution < 1.29 is 9.84 Å². The van der Waals surface area contributed by atoms with E-state index >= 15 is 0 Å². The fraction of sp³-hybridized carbons (Fsp3) is 0.812. The first kappa shape index (κ1) is 14.1. The average molecular weight is 276 g/mol. The Morgan fingerprint density at radius 1 is 1.50 bits per heavy atom. The van der Waals surface area contributed by atoms with E-state index in [1.165, 1.54) is 6.42 Å². The van der Waals surface area contributed by atoms with Gasteiger partial charge in [0.15, 0.2) is 6.23 Å². The largest absolute Gasteiger partial charge is 0.380 e. The summed E-state index contributed by atoms with van der Waals surface area (Å²) >= 11 is 0. The predicted molar refractivity (Wildman–Crippen MR) is 78.5 cm³/mol. The lowest BCUT2D eigenvalue weighted by atomic mass is 9.70. The Bertz CT molecular complexity index is 452. The number of aliphatic hydroxyl groups excluding tert-OH is 1. The zero-order valence-corrected chi connectivity index (χ0v) is 12.4. The third-order valence-electron chi connectivity index (χ3n) is 5.50. The molecule has 0 aromatic heterocycles. The van der Waals surface area contributed by atoms with Crippen LogP contribution in [-0.4, -0.2) is 54.3 Å². The van der Waals surface area contributed by atoms with Crippen molar-refractivity contribution in [1.29, 1.82) is 0 Å². The van der Waals surface area contributed by atoms with E-state index in [1.54, 1.807) is 6.21 Å². The molecule has 2 fully saturated rings. The van der Waals surface area contributed by atoms with Crippen LogP contribution in [0.15, 0.2) is 4.99 Å². The molecule has 4 heteroatoms. The molecular formula is C16H24N2O2. The normalized spacial score (nSPS) is 44.0. The molecule has 0 radical (unpaired) electrons. The van der Waals surface area contributed by atoms with Gasteiger partial charge in [0.2, 0.25) is 0 Å². The number of terminal acetylenes is 1. The molecule has 3 aliphatic rings. The summed E-state index contributed by atoms with van der Waals surface area (Å²) in [6, 6.07) is 0.439. The monoisotopic (exact) mass is 276 g/mol. The van der Waals surface area contributed by atoms with Gasteiger partial charge < -0.3 is 9.84 Å². The maximum Gasteiger partial charge on any atom is 0.160 e. The van der Waals surface area contributed by atoms with Gasteiger partial charge in [0.1, 0.15) is 0 Å². The number of piperidine rings is 1. The number of nitrogens with zero attached hydrogens (tertiary/aromatic N) is 2. The molecule has 110 valence electrons. The maximum absolute atomic E-state index is 10.3. The minimum atomic E-state index is -0.657. The number of hydrogen-bond donors (Lipinski definition) is 1. The average Bonchev–Trinajstić information content (AvgIpc) is 2.41. The van der Waals surface area contributed by atoms with Crippen LogP contribution in [0.1, 0.15) is 33.1 Å². The second-order valence-corrected chi connectivity index (χ2v) is 6.90. The molecule has 1 spiro atoms. The Hall–Kier alpha value is -0.890. The van der Waals surface area contributed by atoms with E-state index in [1.807, 2.05) is 6.92 Å². The van der Waals surface area contributed by atoms with Gasteiger partial charge in [-0.3, -0.25) is 9.89 Å². The summed E-state index contributed by atoms with van der Waals surface area (Å²) in [5.74, 6) is 2.82. The van der Waals surface area contributed by atoms with Crippen molar-refractivity contribution in [1.82, 2.24) is 4.90 Å². The van der Waals surface area contributed by atoms with Gasteiger partial charge in [0, 0.05) is 17.7 Å². The van der Waals surface area contributed by atoms with Crippen molar-refractivity contribution >= 4 is 6.21 Å². The Balaban J connectivity index is 1.81. The molecule has 0 amide bonds. The van der Waals surface area contributed by atoms with Gasteiger partial charge in [-0.1, -0.05) is 5.92 Å². The smallest absolute Gasteiger partial charge is 0.160 e. The van der Waals surface area contributed by atoms with Crippen LogP contribution in [-0.2, 0) is 4.74 Å². The summed E-state index contributed by atoms with van der Waals surface area (Å²) in [6.45, 7) is 7.00. The number of likely N-dealkylation sites (tertiary alicyclic amines) is 1. The Kier molecular flexibility index (Phi) is 3.40. The molecule has 20 heavy (non-hydrogen) atoms.